The average molecular weight is 473 g/mol. The zero-order valence-electron chi connectivity index (χ0n) is 22.8. The predicted molar refractivity (Wildman–Crippen MR) is 150 cm³/mol. The highest BCUT2D eigenvalue weighted by molar-refractivity contribution is 4.56. The summed E-state index contributed by atoms with van der Waals surface area (Å²) in [6.45, 7) is 14.8. The quantitative estimate of drug-likeness (QED) is 0.297. The van der Waals surface area contributed by atoms with E-state index in [1.807, 2.05) is 0 Å². The third-order valence-corrected chi connectivity index (χ3v) is 5.72. The summed E-state index contributed by atoms with van der Waals surface area (Å²) in [5, 5.41) is 13.7. The van der Waals surface area contributed by atoms with Crippen molar-refractivity contribution >= 4 is 0 Å². The minimum Gasteiger partial charge on any atom is -0.329 e. The molecule has 0 saturated carbocycles. The molecule has 8 N–H and O–H groups in total. The van der Waals surface area contributed by atoms with Crippen molar-refractivity contribution in [3.8, 4) is 0 Å². The van der Waals surface area contributed by atoms with Crippen LogP contribution in [0.15, 0.2) is 0 Å². The molecule has 1 aliphatic heterocycles. The summed E-state index contributed by atoms with van der Waals surface area (Å²) in [6, 6.07) is 0. The first kappa shape index (κ1) is 34.9. The molecule has 0 aliphatic carbocycles. The monoisotopic (exact) mass is 473 g/mol. The van der Waals surface area contributed by atoms with Gasteiger partial charge in [0.15, 0.2) is 0 Å². The van der Waals surface area contributed by atoms with Gasteiger partial charge in [0.25, 0.3) is 0 Å². The van der Waals surface area contributed by atoms with E-state index in [-0.39, 0.29) is 0 Å². The van der Waals surface area contributed by atoms with E-state index in [9.17, 15) is 0 Å². The molecule has 0 bridgehead atoms. The second-order valence-corrected chi connectivity index (χ2v) is 9.17. The lowest BCUT2D eigenvalue weighted by molar-refractivity contribution is 0.543. The molecule has 6 nitrogen and oxygen atoms in total. The summed E-state index contributed by atoms with van der Waals surface area (Å²) < 4.78 is 0. The summed E-state index contributed by atoms with van der Waals surface area (Å²) in [4.78, 5) is 0. The smallest absolute Gasteiger partial charge is 0.00750 e. The minimum absolute atomic E-state index is 0.694. The molecule has 0 atom stereocenters. The fraction of sp³-hybridized carbons (Fsp3) is 1.00. The lowest BCUT2D eigenvalue weighted by Crippen LogP contribution is -2.27. The zero-order valence-corrected chi connectivity index (χ0v) is 22.8. The molecule has 1 aliphatic rings. The Morgan fingerprint density at radius 1 is 0.485 bits per heavy atom. The van der Waals surface area contributed by atoms with Crippen molar-refractivity contribution in [1.82, 2.24) is 21.3 Å². The summed E-state index contributed by atoms with van der Waals surface area (Å²) in [5.74, 6) is 0. The van der Waals surface area contributed by atoms with E-state index in [1.54, 1.807) is 0 Å². The van der Waals surface area contributed by atoms with Crippen molar-refractivity contribution in [2.24, 2.45) is 11.5 Å². The Morgan fingerprint density at radius 3 is 1.09 bits per heavy atom. The third-order valence-electron chi connectivity index (χ3n) is 5.72. The Kier molecular flexibility index (Phi) is 38.4. The lowest BCUT2D eigenvalue weighted by atomic mass is 10.1. The van der Waals surface area contributed by atoms with Gasteiger partial charge in [-0.25, -0.2) is 0 Å². The van der Waals surface area contributed by atoms with E-state index < -0.39 is 0 Å². The van der Waals surface area contributed by atoms with Gasteiger partial charge in [0.2, 0.25) is 0 Å². The molecule has 1 heterocycles. The van der Waals surface area contributed by atoms with E-state index in [2.05, 4.69) is 35.1 Å². The van der Waals surface area contributed by atoms with Gasteiger partial charge >= 0.3 is 0 Å². The molecular formula is C27H64N6. The van der Waals surface area contributed by atoms with Crippen molar-refractivity contribution in [2.45, 2.75) is 110 Å². The molecule has 1 saturated heterocycles. The number of nitrogens with one attached hydrogen (secondary N) is 4. The molecular weight excluding hydrogens is 408 g/mol. The maximum absolute atomic E-state index is 5.17. The molecule has 0 radical (unpaired) electrons. The molecule has 0 amide bonds. The van der Waals surface area contributed by atoms with Crippen molar-refractivity contribution < 1.29 is 0 Å². The number of nitrogens with two attached hydrogens (primary N) is 2. The van der Waals surface area contributed by atoms with E-state index in [0.29, 0.717) is 13.1 Å². The Morgan fingerprint density at radius 2 is 0.788 bits per heavy atom. The predicted octanol–water partition coefficient (Wildman–Crippen LogP) is 4.14. The van der Waals surface area contributed by atoms with Gasteiger partial charge < -0.3 is 32.7 Å². The molecule has 0 aromatic rings. The van der Waals surface area contributed by atoms with Gasteiger partial charge in [-0.2, -0.15) is 0 Å². The largest absolute Gasteiger partial charge is 0.329 e. The van der Waals surface area contributed by atoms with Crippen LogP contribution in [0.25, 0.3) is 0 Å². The van der Waals surface area contributed by atoms with Gasteiger partial charge in [0.05, 0.1) is 0 Å². The van der Waals surface area contributed by atoms with E-state index in [1.165, 1.54) is 136 Å². The van der Waals surface area contributed by atoms with Gasteiger partial charge in [-0.3, -0.25) is 0 Å². The van der Waals surface area contributed by atoms with Crippen LogP contribution in [-0.4, -0.2) is 65.4 Å². The highest BCUT2D eigenvalue weighted by Gasteiger charge is 1.95. The van der Waals surface area contributed by atoms with Crippen LogP contribution in [0.2, 0.25) is 0 Å². The van der Waals surface area contributed by atoms with Crippen LogP contribution in [0.5, 0.6) is 0 Å². The second kappa shape index (κ2) is 36.3. The van der Waals surface area contributed by atoms with Crippen LogP contribution in [0, 0.1) is 0 Å². The van der Waals surface area contributed by atoms with Gasteiger partial charge in [-0.1, -0.05) is 71.6 Å². The number of hydrogen-bond acceptors (Lipinski definition) is 6. The van der Waals surface area contributed by atoms with Gasteiger partial charge in [-0.15, -0.1) is 0 Å². The summed E-state index contributed by atoms with van der Waals surface area (Å²) in [5.41, 5.74) is 10.3. The first-order chi connectivity index (χ1) is 16.3. The molecule has 0 aromatic carbocycles. The van der Waals surface area contributed by atoms with Crippen LogP contribution in [0.1, 0.15) is 110 Å². The SMILES string of the molecule is C1CCCCNCCCCNCCCCNCCC1.CCCCCCC.NCCNCCN. The van der Waals surface area contributed by atoms with Gasteiger partial charge in [0.1, 0.15) is 0 Å². The van der Waals surface area contributed by atoms with Crippen LogP contribution >= 0.6 is 0 Å². The normalized spacial score (nSPS) is 17.8. The van der Waals surface area contributed by atoms with E-state index >= 15 is 0 Å². The average Bonchev–Trinajstić information content (AvgIpc) is 2.83. The molecule has 1 rings (SSSR count). The van der Waals surface area contributed by atoms with Crippen molar-refractivity contribution in [2.75, 3.05) is 65.4 Å². The molecule has 6 heteroatoms. The maximum atomic E-state index is 5.17. The number of hydrogen-bond donors (Lipinski definition) is 6. The van der Waals surface area contributed by atoms with Crippen molar-refractivity contribution in [1.29, 1.82) is 0 Å². The van der Waals surface area contributed by atoms with E-state index in [4.69, 9.17) is 11.5 Å². The maximum Gasteiger partial charge on any atom is 0.00750 e. The Labute approximate surface area is 208 Å². The summed E-state index contributed by atoms with van der Waals surface area (Å²) in [7, 11) is 0. The molecule has 0 aromatic heterocycles. The van der Waals surface area contributed by atoms with Crippen molar-refractivity contribution in [3.05, 3.63) is 0 Å². The summed E-state index contributed by atoms with van der Waals surface area (Å²) in [6.07, 6.45) is 20.6. The van der Waals surface area contributed by atoms with Gasteiger partial charge in [0, 0.05) is 26.2 Å². The zero-order chi connectivity index (χ0) is 24.5. The Hall–Kier alpha value is -0.240. The fourth-order valence-electron chi connectivity index (χ4n) is 3.59. The Bertz CT molecular complexity index is 206. The van der Waals surface area contributed by atoms with Crippen LogP contribution < -0.4 is 32.7 Å². The Balaban J connectivity index is 0. The van der Waals surface area contributed by atoms with E-state index in [0.717, 1.165) is 13.1 Å². The topological polar surface area (TPSA) is 100 Å². The molecule has 1 fully saturated rings. The first-order valence-corrected chi connectivity index (χ1v) is 14.6. The van der Waals surface area contributed by atoms with Gasteiger partial charge in [-0.05, 0) is 77.8 Å². The lowest BCUT2D eigenvalue weighted by Gasteiger charge is -2.06. The molecule has 0 unspecified atom stereocenters. The molecule has 33 heavy (non-hydrogen) atoms. The molecule has 202 valence electrons. The van der Waals surface area contributed by atoms with Crippen LogP contribution in [0.3, 0.4) is 0 Å². The minimum atomic E-state index is 0.694. The second-order valence-electron chi connectivity index (χ2n) is 9.17. The van der Waals surface area contributed by atoms with Crippen molar-refractivity contribution in [3.63, 3.8) is 0 Å². The fourth-order valence-corrected chi connectivity index (χ4v) is 3.59. The molecule has 0 spiro atoms. The van der Waals surface area contributed by atoms with Crippen LogP contribution in [-0.2, 0) is 0 Å². The standard InChI is InChI=1S/C16H35N3.C7H16.C4H13N3/c1-2-4-6-12-18-14-8-10-16-19-15-9-7-13-17-11-5-3-1;1-3-5-7-6-4-2;5-1-3-7-4-2-6/h17-19H,1-16H2;3-7H2,1-2H3;7H,1-6H2. The highest BCUT2D eigenvalue weighted by Crippen LogP contribution is 2.04. The first-order valence-electron chi connectivity index (χ1n) is 14.6. The van der Waals surface area contributed by atoms with Crippen LogP contribution in [0.4, 0.5) is 0 Å². The number of rotatable bonds is 8. The third kappa shape index (κ3) is 39.3. The highest BCUT2D eigenvalue weighted by atomic mass is 14.9. The summed E-state index contributed by atoms with van der Waals surface area (Å²) >= 11 is 0. The number of unbranched alkanes of at least 4 members (excludes halogenated alkanes) is 4.